The summed E-state index contributed by atoms with van der Waals surface area (Å²) < 4.78 is 0. The van der Waals surface area contributed by atoms with Crippen LogP contribution < -0.4 is 16.4 Å². The monoisotopic (exact) mass is 263 g/mol. The molecule has 0 spiro atoms. The zero-order valence-electron chi connectivity index (χ0n) is 11.8. The van der Waals surface area contributed by atoms with E-state index in [9.17, 15) is 9.59 Å². The highest BCUT2D eigenvalue weighted by Crippen LogP contribution is 2.17. The van der Waals surface area contributed by atoms with Gasteiger partial charge >= 0.3 is 0 Å². The average molecular weight is 263 g/mol. The van der Waals surface area contributed by atoms with E-state index in [1.165, 1.54) is 0 Å². The molecule has 1 unspecified atom stereocenters. The molecule has 0 fully saturated rings. The maximum atomic E-state index is 12.2. The fourth-order valence-corrected chi connectivity index (χ4v) is 1.85. The lowest BCUT2D eigenvalue weighted by Gasteiger charge is -2.20. The summed E-state index contributed by atoms with van der Waals surface area (Å²) in [5, 5.41) is 5.64. The van der Waals surface area contributed by atoms with E-state index in [-0.39, 0.29) is 11.8 Å². The Morgan fingerprint density at radius 1 is 1.26 bits per heavy atom. The van der Waals surface area contributed by atoms with Crippen LogP contribution in [-0.2, 0) is 4.79 Å². The van der Waals surface area contributed by atoms with Crippen molar-refractivity contribution in [2.24, 2.45) is 11.7 Å². The molecule has 104 valence electrons. The first-order valence-electron chi connectivity index (χ1n) is 6.25. The molecule has 0 saturated heterocycles. The van der Waals surface area contributed by atoms with E-state index in [0.717, 1.165) is 11.3 Å². The summed E-state index contributed by atoms with van der Waals surface area (Å²) in [7, 11) is 1.75. The second-order valence-electron chi connectivity index (χ2n) is 4.90. The highest BCUT2D eigenvalue weighted by molar-refractivity contribution is 6.01. The Morgan fingerprint density at radius 3 is 2.37 bits per heavy atom. The van der Waals surface area contributed by atoms with Crippen molar-refractivity contribution >= 4 is 17.5 Å². The number of benzene rings is 1. The summed E-state index contributed by atoms with van der Waals surface area (Å²) in [5.74, 6) is -0.878. The number of hydrogen-bond acceptors (Lipinski definition) is 3. The SMILES string of the molecule is CNc1ccc(C)cc1C(=O)NC(C(N)=O)C(C)C. The fraction of sp³-hybridized carbons (Fsp3) is 0.429. The molecule has 19 heavy (non-hydrogen) atoms. The van der Waals surface area contributed by atoms with Crippen LogP contribution in [0.5, 0.6) is 0 Å². The van der Waals surface area contributed by atoms with Crippen LogP contribution >= 0.6 is 0 Å². The predicted octanol–water partition coefficient (Wildman–Crippen LogP) is 1.28. The molecule has 0 aromatic heterocycles. The molecule has 4 N–H and O–H groups in total. The van der Waals surface area contributed by atoms with Crippen LogP contribution in [0.4, 0.5) is 5.69 Å². The number of nitrogens with two attached hydrogens (primary N) is 1. The van der Waals surface area contributed by atoms with Gasteiger partial charge in [0.25, 0.3) is 5.91 Å². The molecule has 0 bridgehead atoms. The number of aryl methyl sites for hydroxylation is 1. The molecule has 0 heterocycles. The van der Waals surface area contributed by atoms with E-state index in [1.54, 1.807) is 13.1 Å². The quantitative estimate of drug-likeness (QED) is 0.748. The van der Waals surface area contributed by atoms with Crippen molar-refractivity contribution in [1.82, 2.24) is 5.32 Å². The largest absolute Gasteiger partial charge is 0.387 e. The van der Waals surface area contributed by atoms with Crippen LogP contribution in [0.25, 0.3) is 0 Å². The summed E-state index contributed by atoms with van der Waals surface area (Å²) in [6, 6.07) is 4.85. The standard InChI is InChI=1S/C14H21N3O2/c1-8(2)12(13(15)18)17-14(19)10-7-9(3)5-6-11(10)16-4/h5-8,12,16H,1-4H3,(H2,15,18)(H,17,19). The first-order chi connectivity index (χ1) is 8.86. The zero-order valence-corrected chi connectivity index (χ0v) is 11.8. The van der Waals surface area contributed by atoms with Gasteiger partial charge in [-0.1, -0.05) is 25.5 Å². The van der Waals surface area contributed by atoms with Crippen molar-refractivity contribution in [3.05, 3.63) is 29.3 Å². The minimum atomic E-state index is -0.669. The molecular weight excluding hydrogens is 242 g/mol. The third-order valence-corrected chi connectivity index (χ3v) is 2.95. The van der Waals surface area contributed by atoms with Crippen molar-refractivity contribution in [2.45, 2.75) is 26.8 Å². The van der Waals surface area contributed by atoms with Crippen molar-refractivity contribution in [3.8, 4) is 0 Å². The van der Waals surface area contributed by atoms with E-state index in [2.05, 4.69) is 10.6 Å². The Bertz CT molecular complexity index is 484. The minimum absolute atomic E-state index is 0.0516. The number of carbonyl (C=O) groups is 2. The maximum absolute atomic E-state index is 12.2. The summed E-state index contributed by atoms with van der Waals surface area (Å²) in [4.78, 5) is 23.6. The second-order valence-corrected chi connectivity index (χ2v) is 4.90. The molecule has 0 aliphatic rings. The topological polar surface area (TPSA) is 84.2 Å². The number of hydrogen-bond donors (Lipinski definition) is 3. The zero-order chi connectivity index (χ0) is 14.6. The Labute approximate surface area is 113 Å². The van der Waals surface area contributed by atoms with Crippen LogP contribution in [0.15, 0.2) is 18.2 Å². The summed E-state index contributed by atoms with van der Waals surface area (Å²) in [6.07, 6.45) is 0. The predicted molar refractivity (Wildman–Crippen MR) is 76.0 cm³/mol. The summed E-state index contributed by atoms with van der Waals surface area (Å²) in [5.41, 5.74) is 7.50. The average Bonchev–Trinajstić information content (AvgIpc) is 2.34. The van der Waals surface area contributed by atoms with Gasteiger partial charge in [0.15, 0.2) is 0 Å². The van der Waals surface area contributed by atoms with Gasteiger partial charge in [0, 0.05) is 12.7 Å². The summed E-state index contributed by atoms with van der Waals surface area (Å²) in [6.45, 7) is 5.58. The first-order valence-corrected chi connectivity index (χ1v) is 6.25. The van der Waals surface area contributed by atoms with E-state index in [0.29, 0.717) is 5.56 Å². The molecule has 0 aliphatic carbocycles. The molecule has 0 radical (unpaired) electrons. The Kier molecular flexibility index (Phi) is 4.92. The summed E-state index contributed by atoms with van der Waals surface area (Å²) >= 11 is 0. The van der Waals surface area contributed by atoms with Crippen LogP contribution in [-0.4, -0.2) is 24.9 Å². The molecule has 0 aliphatic heterocycles. The number of carbonyl (C=O) groups excluding carboxylic acids is 2. The third kappa shape index (κ3) is 3.71. The number of primary amides is 1. The van der Waals surface area contributed by atoms with Gasteiger partial charge in [0.1, 0.15) is 6.04 Å². The maximum Gasteiger partial charge on any atom is 0.254 e. The van der Waals surface area contributed by atoms with Gasteiger partial charge in [-0.2, -0.15) is 0 Å². The molecule has 1 aromatic rings. The molecule has 1 aromatic carbocycles. The lowest BCUT2D eigenvalue weighted by atomic mass is 10.0. The lowest BCUT2D eigenvalue weighted by molar-refractivity contribution is -0.120. The van der Waals surface area contributed by atoms with Gasteiger partial charge in [-0.25, -0.2) is 0 Å². The normalized spacial score (nSPS) is 12.1. The van der Waals surface area contributed by atoms with Crippen molar-refractivity contribution in [2.75, 3.05) is 12.4 Å². The smallest absolute Gasteiger partial charge is 0.254 e. The number of rotatable bonds is 5. The second kappa shape index (κ2) is 6.22. The van der Waals surface area contributed by atoms with E-state index in [4.69, 9.17) is 5.73 Å². The van der Waals surface area contributed by atoms with Crippen molar-refractivity contribution in [1.29, 1.82) is 0 Å². The molecule has 2 amide bonds. The van der Waals surface area contributed by atoms with Gasteiger partial charge < -0.3 is 16.4 Å². The van der Waals surface area contributed by atoms with Crippen molar-refractivity contribution < 1.29 is 9.59 Å². The molecule has 5 heteroatoms. The van der Waals surface area contributed by atoms with Crippen LogP contribution in [0.3, 0.4) is 0 Å². The minimum Gasteiger partial charge on any atom is -0.387 e. The number of nitrogens with one attached hydrogen (secondary N) is 2. The van der Waals surface area contributed by atoms with Crippen molar-refractivity contribution in [3.63, 3.8) is 0 Å². The van der Waals surface area contributed by atoms with Gasteiger partial charge in [-0.3, -0.25) is 9.59 Å². The molecule has 5 nitrogen and oxygen atoms in total. The van der Waals surface area contributed by atoms with Gasteiger partial charge in [0.2, 0.25) is 5.91 Å². The first kappa shape index (κ1) is 15.0. The van der Waals surface area contributed by atoms with E-state index >= 15 is 0 Å². The van der Waals surface area contributed by atoms with Gasteiger partial charge in [-0.15, -0.1) is 0 Å². The Morgan fingerprint density at radius 2 is 1.89 bits per heavy atom. The van der Waals surface area contributed by atoms with Crippen LogP contribution in [0, 0.1) is 12.8 Å². The van der Waals surface area contributed by atoms with Gasteiger partial charge in [-0.05, 0) is 25.0 Å². The van der Waals surface area contributed by atoms with Crippen LogP contribution in [0.2, 0.25) is 0 Å². The third-order valence-electron chi connectivity index (χ3n) is 2.95. The number of anilines is 1. The highest BCUT2D eigenvalue weighted by atomic mass is 16.2. The van der Waals surface area contributed by atoms with Gasteiger partial charge in [0.05, 0.1) is 5.56 Å². The number of amides is 2. The molecule has 0 saturated carbocycles. The molecule has 1 rings (SSSR count). The van der Waals surface area contributed by atoms with E-state index < -0.39 is 11.9 Å². The highest BCUT2D eigenvalue weighted by Gasteiger charge is 2.23. The molecule has 1 atom stereocenters. The molecular formula is C14H21N3O2. The Hall–Kier alpha value is -2.04. The Balaban J connectivity index is 3.00. The van der Waals surface area contributed by atoms with Crippen LogP contribution in [0.1, 0.15) is 29.8 Å². The van der Waals surface area contributed by atoms with E-state index in [1.807, 2.05) is 32.9 Å². The lowest BCUT2D eigenvalue weighted by Crippen LogP contribution is -2.47. The fourth-order valence-electron chi connectivity index (χ4n) is 1.85.